The Hall–Kier alpha value is -1.92. The molecule has 1 N–H and O–H groups in total. The largest absolute Gasteiger partial charge is 0.490 e. The van der Waals surface area contributed by atoms with Gasteiger partial charge in [-0.25, -0.2) is 0 Å². The van der Waals surface area contributed by atoms with Gasteiger partial charge in [-0.3, -0.25) is 14.7 Å². The Bertz CT molecular complexity index is 688. The summed E-state index contributed by atoms with van der Waals surface area (Å²) in [6.07, 6.45) is 5.00. The molecule has 1 aliphatic rings. The zero-order valence-corrected chi connectivity index (χ0v) is 14.7. The molecule has 1 saturated heterocycles. The van der Waals surface area contributed by atoms with Crippen molar-refractivity contribution in [3.05, 3.63) is 58.8 Å². The van der Waals surface area contributed by atoms with Crippen LogP contribution in [0.1, 0.15) is 24.4 Å². The van der Waals surface area contributed by atoms with Crippen LogP contribution in [0.5, 0.6) is 5.75 Å². The number of likely N-dealkylation sites (tertiary alicyclic amines) is 1. The van der Waals surface area contributed by atoms with E-state index in [4.69, 9.17) is 4.74 Å². The Morgan fingerprint density at radius 1 is 1.29 bits per heavy atom. The number of pyridine rings is 1. The summed E-state index contributed by atoms with van der Waals surface area (Å²) in [6.45, 7) is 1.37. The maximum absolute atomic E-state index is 11.7. The van der Waals surface area contributed by atoms with E-state index >= 15 is 0 Å². The van der Waals surface area contributed by atoms with E-state index < -0.39 is 12.0 Å². The van der Waals surface area contributed by atoms with Crippen LogP contribution >= 0.6 is 15.9 Å². The zero-order valence-electron chi connectivity index (χ0n) is 13.1. The third kappa shape index (κ3) is 4.13. The molecule has 126 valence electrons. The maximum atomic E-state index is 11.7. The quantitative estimate of drug-likeness (QED) is 0.845. The zero-order chi connectivity index (χ0) is 16.9. The molecule has 0 radical (unpaired) electrons. The number of aromatic nitrogens is 1. The summed E-state index contributed by atoms with van der Waals surface area (Å²) >= 11 is 3.44. The van der Waals surface area contributed by atoms with Crippen LogP contribution < -0.4 is 4.74 Å². The van der Waals surface area contributed by atoms with Crippen LogP contribution in [0.15, 0.2) is 53.3 Å². The average molecular weight is 391 g/mol. The monoisotopic (exact) mass is 390 g/mol. The van der Waals surface area contributed by atoms with Crippen molar-refractivity contribution >= 4 is 21.9 Å². The van der Waals surface area contributed by atoms with E-state index in [1.54, 1.807) is 18.5 Å². The molecular weight excluding hydrogens is 372 g/mol. The summed E-state index contributed by atoms with van der Waals surface area (Å²) in [5, 5.41) is 9.60. The van der Waals surface area contributed by atoms with Crippen molar-refractivity contribution in [2.24, 2.45) is 0 Å². The van der Waals surface area contributed by atoms with Gasteiger partial charge in [0.1, 0.15) is 17.9 Å². The molecule has 0 aliphatic carbocycles. The molecule has 6 heteroatoms. The van der Waals surface area contributed by atoms with Crippen LogP contribution in [0.2, 0.25) is 0 Å². The molecular formula is C18H19BrN2O3. The van der Waals surface area contributed by atoms with Crippen molar-refractivity contribution in [3.63, 3.8) is 0 Å². The number of carboxylic acid groups (broad SMARTS) is 1. The van der Waals surface area contributed by atoms with Gasteiger partial charge in [-0.15, -0.1) is 0 Å². The summed E-state index contributed by atoms with van der Waals surface area (Å²) in [7, 11) is 0. The number of aliphatic carboxylic acids is 1. The van der Waals surface area contributed by atoms with Crippen molar-refractivity contribution < 1.29 is 14.6 Å². The first-order valence-electron chi connectivity index (χ1n) is 7.92. The minimum atomic E-state index is -0.839. The molecule has 3 rings (SSSR count). The third-order valence-corrected chi connectivity index (χ3v) is 4.67. The molecule has 0 bridgehead atoms. The molecule has 0 amide bonds. The minimum Gasteiger partial charge on any atom is -0.490 e. The van der Waals surface area contributed by atoms with Crippen molar-refractivity contribution in [3.8, 4) is 5.75 Å². The topological polar surface area (TPSA) is 62.7 Å². The van der Waals surface area contributed by atoms with Gasteiger partial charge in [-0.1, -0.05) is 28.1 Å². The number of nitrogens with zero attached hydrogens (tertiary/aromatic N) is 2. The number of ether oxygens (including phenoxy) is 1. The van der Waals surface area contributed by atoms with E-state index in [-0.39, 0.29) is 6.10 Å². The predicted molar refractivity (Wildman–Crippen MR) is 94.0 cm³/mol. The summed E-state index contributed by atoms with van der Waals surface area (Å²) in [5.74, 6) is -0.000715. The number of hydrogen-bond donors (Lipinski definition) is 1. The molecule has 2 aromatic rings. The SMILES string of the molecule is O=C(O)C(c1cccnc1)N1CCC(Oc2cccc(Br)c2)CC1. The van der Waals surface area contributed by atoms with Crippen molar-refractivity contribution in [2.45, 2.75) is 25.0 Å². The summed E-state index contributed by atoms with van der Waals surface area (Å²) in [5.41, 5.74) is 0.719. The lowest BCUT2D eigenvalue weighted by molar-refractivity contribution is -0.144. The molecule has 1 fully saturated rings. The molecule has 1 atom stereocenters. The van der Waals surface area contributed by atoms with Crippen LogP contribution in [0.25, 0.3) is 0 Å². The van der Waals surface area contributed by atoms with Crippen LogP contribution in [0.3, 0.4) is 0 Å². The van der Waals surface area contributed by atoms with Crippen molar-refractivity contribution in [1.29, 1.82) is 0 Å². The van der Waals surface area contributed by atoms with Gasteiger partial charge in [0.15, 0.2) is 0 Å². The second kappa shape index (κ2) is 7.77. The third-order valence-electron chi connectivity index (χ3n) is 4.17. The highest BCUT2D eigenvalue weighted by molar-refractivity contribution is 9.10. The fraction of sp³-hybridized carbons (Fsp3) is 0.333. The second-order valence-electron chi connectivity index (χ2n) is 5.84. The van der Waals surface area contributed by atoms with E-state index in [9.17, 15) is 9.90 Å². The molecule has 0 spiro atoms. The Balaban J connectivity index is 1.62. The summed E-state index contributed by atoms with van der Waals surface area (Å²) in [4.78, 5) is 17.7. The van der Waals surface area contributed by atoms with E-state index in [0.29, 0.717) is 13.1 Å². The first-order valence-corrected chi connectivity index (χ1v) is 8.72. The van der Waals surface area contributed by atoms with E-state index in [1.165, 1.54) is 0 Å². The molecule has 0 saturated carbocycles. The number of rotatable bonds is 5. The van der Waals surface area contributed by atoms with Crippen LogP contribution in [-0.2, 0) is 4.79 Å². The maximum Gasteiger partial charge on any atom is 0.325 e. The highest BCUT2D eigenvalue weighted by Crippen LogP contribution is 2.27. The van der Waals surface area contributed by atoms with Gasteiger partial charge in [-0.2, -0.15) is 0 Å². The lowest BCUT2D eigenvalue weighted by Gasteiger charge is -2.35. The number of piperidine rings is 1. The first kappa shape index (κ1) is 16.9. The van der Waals surface area contributed by atoms with Gasteiger partial charge in [0.05, 0.1) is 0 Å². The average Bonchev–Trinajstić information content (AvgIpc) is 2.57. The smallest absolute Gasteiger partial charge is 0.325 e. The van der Waals surface area contributed by atoms with Gasteiger partial charge in [0, 0.05) is 30.0 Å². The highest BCUT2D eigenvalue weighted by Gasteiger charge is 2.31. The molecule has 1 aromatic heterocycles. The minimum absolute atomic E-state index is 0.110. The van der Waals surface area contributed by atoms with Gasteiger partial charge in [0.25, 0.3) is 0 Å². The van der Waals surface area contributed by atoms with E-state index in [2.05, 4.69) is 20.9 Å². The Kier molecular flexibility index (Phi) is 5.48. The van der Waals surface area contributed by atoms with E-state index in [0.717, 1.165) is 28.6 Å². The second-order valence-corrected chi connectivity index (χ2v) is 6.75. The predicted octanol–water partition coefficient (Wildman–Crippen LogP) is 3.51. The standard InChI is InChI=1S/C18H19BrN2O3/c19-14-4-1-5-16(11-14)24-15-6-9-21(10-7-15)17(18(22)23)13-3-2-8-20-12-13/h1-5,8,11-12,15,17H,6-7,9-10H2,(H,22,23). The van der Waals surface area contributed by atoms with Crippen LogP contribution in [-0.4, -0.2) is 40.2 Å². The van der Waals surface area contributed by atoms with Crippen LogP contribution in [0, 0.1) is 0 Å². The molecule has 5 nitrogen and oxygen atoms in total. The molecule has 1 aromatic carbocycles. The van der Waals surface area contributed by atoms with Gasteiger partial charge < -0.3 is 9.84 Å². The summed E-state index contributed by atoms with van der Waals surface area (Å²) < 4.78 is 7.00. The van der Waals surface area contributed by atoms with Gasteiger partial charge >= 0.3 is 5.97 Å². The number of carboxylic acids is 1. The van der Waals surface area contributed by atoms with Crippen molar-refractivity contribution in [1.82, 2.24) is 9.88 Å². The number of carbonyl (C=O) groups is 1. The first-order chi connectivity index (χ1) is 11.6. The number of halogens is 1. The fourth-order valence-corrected chi connectivity index (χ4v) is 3.41. The number of hydrogen-bond acceptors (Lipinski definition) is 4. The fourth-order valence-electron chi connectivity index (χ4n) is 3.03. The van der Waals surface area contributed by atoms with Gasteiger partial charge in [0.2, 0.25) is 0 Å². The lowest BCUT2D eigenvalue weighted by atomic mass is 10.0. The molecule has 1 aliphatic heterocycles. The summed E-state index contributed by atoms with van der Waals surface area (Å²) in [6, 6.07) is 10.7. The normalized spacial score (nSPS) is 17.4. The Morgan fingerprint density at radius 3 is 2.71 bits per heavy atom. The lowest BCUT2D eigenvalue weighted by Crippen LogP contribution is -2.43. The Morgan fingerprint density at radius 2 is 2.08 bits per heavy atom. The number of benzene rings is 1. The van der Waals surface area contributed by atoms with E-state index in [1.807, 2.05) is 35.2 Å². The molecule has 1 unspecified atom stereocenters. The van der Waals surface area contributed by atoms with Crippen LogP contribution in [0.4, 0.5) is 0 Å². The van der Waals surface area contributed by atoms with Gasteiger partial charge in [-0.05, 0) is 42.7 Å². The molecule has 2 heterocycles. The highest BCUT2D eigenvalue weighted by atomic mass is 79.9. The Labute approximate surface area is 149 Å². The van der Waals surface area contributed by atoms with Crippen molar-refractivity contribution in [2.75, 3.05) is 13.1 Å². The molecule has 24 heavy (non-hydrogen) atoms.